The largest absolute Gasteiger partial charge is 0.493 e. The van der Waals surface area contributed by atoms with Gasteiger partial charge in [0.2, 0.25) is 0 Å². The maximum Gasteiger partial charge on any atom is 0.419 e. The molecule has 1 aliphatic heterocycles. The van der Waals surface area contributed by atoms with Gasteiger partial charge < -0.3 is 19.9 Å². The van der Waals surface area contributed by atoms with E-state index < -0.39 is 11.7 Å². The Labute approximate surface area is 175 Å². The summed E-state index contributed by atoms with van der Waals surface area (Å²) in [7, 11) is 2.09. The van der Waals surface area contributed by atoms with Crippen LogP contribution < -0.4 is 10.1 Å². The number of ether oxygens (including phenoxy) is 1. The minimum atomic E-state index is -4.49. The highest BCUT2D eigenvalue weighted by molar-refractivity contribution is 5.68. The first-order valence-electron chi connectivity index (χ1n) is 9.94. The predicted octanol–water partition coefficient (Wildman–Crippen LogP) is 4.39. The topological polar surface area (TPSA) is 27.7 Å². The zero-order valence-corrected chi connectivity index (χ0v) is 17.0. The molecule has 0 amide bonds. The van der Waals surface area contributed by atoms with Gasteiger partial charge in [-0.1, -0.05) is 24.6 Å². The van der Waals surface area contributed by atoms with Crippen LogP contribution in [0.25, 0.3) is 11.1 Å². The summed E-state index contributed by atoms with van der Waals surface area (Å²) in [6, 6.07) is 13.4. The molecule has 1 N–H and O–H groups in total. The molecule has 7 heteroatoms. The molecule has 2 aromatic carbocycles. The van der Waals surface area contributed by atoms with Gasteiger partial charge in [-0.15, -0.1) is 0 Å². The Hall–Kier alpha value is -2.69. The fourth-order valence-electron chi connectivity index (χ4n) is 3.43. The molecular weight excluding hydrogens is 391 g/mol. The Morgan fingerprint density at radius 1 is 1.03 bits per heavy atom. The van der Waals surface area contributed by atoms with Gasteiger partial charge in [-0.3, -0.25) is 0 Å². The smallest absolute Gasteiger partial charge is 0.419 e. The monoisotopic (exact) mass is 417 g/mol. The lowest BCUT2D eigenvalue weighted by Crippen LogP contribution is -2.44. The van der Waals surface area contributed by atoms with Gasteiger partial charge in [-0.05, 0) is 48.9 Å². The summed E-state index contributed by atoms with van der Waals surface area (Å²) in [6.07, 6.45) is 1.38. The average Bonchev–Trinajstić information content (AvgIpc) is 2.73. The molecule has 4 nitrogen and oxygen atoms in total. The first kappa shape index (κ1) is 22.0. The molecule has 0 saturated carbocycles. The molecule has 160 valence electrons. The Morgan fingerprint density at radius 3 is 2.33 bits per heavy atom. The Balaban J connectivity index is 1.65. The van der Waals surface area contributed by atoms with Gasteiger partial charge in [-0.25, -0.2) is 0 Å². The third-order valence-electron chi connectivity index (χ3n) is 5.19. The summed E-state index contributed by atoms with van der Waals surface area (Å²) in [6.45, 7) is 5.07. The van der Waals surface area contributed by atoms with E-state index in [2.05, 4.69) is 28.2 Å². The number of likely N-dealkylation sites (N-methyl/N-ethyl adjacent to an activating group) is 1. The fourth-order valence-corrected chi connectivity index (χ4v) is 3.43. The number of benzene rings is 2. The number of anilines is 1. The number of nitrogens with one attached hydrogen (secondary N) is 1. The number of halogens is 3. The van der Waals surface area contributed by atoms with E-state index in [-0.39, 0.29) is 12.4 Å². The lowest BCUT2D eigenvalue weighted by atomic mass is 10.0. The van der Waals surface area contributed by atoms with Gasteiger partial charge in [0.25, 0.3) is 0 Å². The molecule has 30 heavy (non-hydrogen) atoms. The van der Waals surface area contributed by atoms with Crippen LogP contribution in [-0.4, -0.2) is 56.2 Å². The molecule has 3 rings (SSSR count). The highest BCUT2D eigenvalue weighted by Crippen LogP contribution is 2.39. The van der Waals surface area contributed by atoms with Crippen molar-refractivity contribution in [3.05, 3.63) is 48.0 Å². The number of piperazine rings is 1. The maximum atomic E-state index is 13.6. The van der Waals surface area contributed by atoms with E-state index in [1.54, 1.807) is 30.3 Å². The van der Waals surface area contributed by atoms with E-state index in [0.717, 1.165) is 38.8 Å². The van der Waals surface area contributed by atoms with Crippen molar-refractivity contribution in [1.82, 2.24) is 9.80 Å². The van der Waals surface area contributed by atoms with Crippen LogP contribution in [0.5, 0.6) is 5.75 Å². The number of nitrogens with zero attached hydrogens (tertiary/aromatic N) is 2. The minimum Gasteiger partial charge on any atom is -0.493 e. The second-order valence-corrected chi connectivity index (χ2v) is 7.40. The highest BCUT2D eigenvalue weighted by Gasteiger charge is 2.34. The van der Waals surface area contributed by atoms with Crippen molar-refractivity contribution in [1.29, 1.82) is 0 Å². The third kappa shape index (κ3) is 5.91. The lowest BCUT2D eigenvalue weighted by molar-refractivity contribution is -0.138. The quantitative estimate of drug-likeness (QED) is 0.411. The van der Waals surface area contributed by atoms with Gasteiger partial charge in [0.15, 0.2) is 0 Å². The fraction of sp³-hybridized carbons (Fsp3) is 0.391. The van der Waals surface area contributed by atoms with Crippen molar-refractivity contribution in [3.63, 3.8) is 0 Å². The van der Waals surface area contributed by atoms with Crippen LogP contribution in [0.1, 0.15) is 12.0 Å². The number of hydrogen-bond donors (Lipinski definition) is 1. The standard InChI is InChI=1S/C23H26F3N3O/c1-3-27-20-8-5-18(6-9-20)19-7-10-22(21(17-19)23(24,25)26)30-16-4-11-29-14-12-28(2)13-15-29/h1,5-10,17,27H,4,11-16H2,2H3. The molecule has 0 aromatic heterocycles. The SMILES string of the molecule is C#CNc1ccc(-c2ccc(OCCCN3CCN(C)CC3)c(C(F)(F)F)c2)cc1. The first-order valence-corrected chi connectivity index (χ1v) is 9.94. The van der Waals surface area contributed by atoms with E-state index in [0.29, 0.717) is 23.2 Å². The van der Waals surface area contributed by atoms with Crippen LogP contribution in [0.3, 0.4) is 0 Å². The summed E-state index contributed by atoms with van der Waals surface area (Å²) >= 11 is 0. The summed E-state index contributed by atoms with van der Waals surface area (Å²) in [5, 5.41) is 2.71. The van der Waals surface area contributed by atoms with Crippen molar-refractivity contribution >= 4 is 5.69 Å². The number of rotatable bonds is 7. The van der Waals surface area contributed by atoms with E-state index in [4.69, 9.17) is 11.2 Å². The van der Waals surface area contributed by atoms with E-state index in [1.807, 2.05) is 0 Å². The minimum absolute atomic E-state index is 0.129. The summed E-state index contributed by atoms with van der Waals surface area (Å²) < 4.78 is 46.4. The predicted molar refractivity (Wildman–Crippen MR) is 113 cm³/mol. The van der Waals surface area contributed by atoms with E-state index in [1.165, 1.54) is 6.07 Å². The molecule has 0 atom stereocenters. The zero-order valence-electron chi connectivity index (χ0n) is 17.0. The molecule has 0 unspecified atom stereocenters. The van der Waals surface area contributed by atoms with Crippen LogP contribution in [0, 0.1) is 12.5 Å². The molecule has 1 fully saturated rings. The van der Waals surface area contributed by atoms with E-state index in [9.17, 15) is 13.2 Å². The van der Waals surface area contributed by atoms with Crippen molar-refractivity contribution < 1.29 is 17.9 Å². The molecule has 0 radical (unpaired) electrons. The maximum absolute atomic E-state index is 13.6. The van der Waals surface area contributed by atoms with Gasteiger partial charge >= 0.3 is 6.18 Å². The molecule has 0 aliphatic carbocycles. The lowest BCUT2D eigenvalue weighted by Gasteiger charge is -2.32. The van der Waals surface area contributed by atoms with Crippen LogP contribution in [-0.2, 0) is 6.18 Å². The van der Waals surface area contributed by atoms with Gasteiger partial charge in [0, 0.05) is 44.5 Å². The van der Waals surface area contributed by atoms with E-state index >= 15 is 0 Å². The number of terminal acetylenes is 1. The zero-order chi connectivity index (χ0) is 21.6. The summed E-state index contributed by atoms with van der Waals surface area (Å²) in [4.78, 5) is 4.58. The van der Waals surface area contributed by atoms with Crippen molar-refractivity contribution in [3.8, 4) is 29.3 Å². The number of hydrogen-bond acceptors (Lipinski definition) is 4. The summed E-state index contributed by atoms with van der Waals surface area (Å²) in [5.41, 5.74) is 1.09. The molecule has 1 saturated heterocycles. The first-order chi connectivity index (χ1) is 14.4. The Morgan fingerprint density at radius 2 is 1.70 bits per heavy atom. The van der Waals surface area contributed by atoms with Crippen LogP contribution in [0.4, 0.5) is 18.9 Å². The molecular formula is C23H26F3N3O. The van der Waals surface area contributed by atoms with Crippen molar-refractivity contribution in [2.45, 2.75) is 12.6 Å². The van der Waals surface area contributed by atoms with Gasteiger partial charge in [0.05, 0.1) is 12.2 Å². The normalized spacial score (nSPS) is 15.6. The van der Waals surface area contributed by atoms with Crippen LogP contribution >= 0.6 is 0 Å². The van der Waals surface area contributed by atoms with Crippen LogP contribution in [0.15, 0.2) is 42.5 Å². The van der Waals surface area contributed by atoms with Gasteiger partial charge in [0.1, 0.15) is 5.75 Å². The van der Waals surface area contributed by atoms with Crippen LogP contribution in [0.2, 0.25) is 0 Å². The number of alkyl halides is 3. The second kappa shape index (κ2) is 9.88. The molecule has 1 aliphatic rings. The average molecular weight is 417 g/mol. The van der Waals surface area contributed by atoms with Crippen molar-refractivity contribution in [2.75, 3.05) is 51.7 Å². The second-order valence-electron chi connectivity index (χ2n) is 7.40. The Bertz CT molecular complexity index is 867. The molecule has 2 aromatic rings. The molecule has 0 bridgehead atoms. The van der Waals surface area contributed by atoms with Gasteiger partial charge in [-0.2, -0.15) is 13.2 Å². The molecule has 0 spiro atoms. The summed E-state index contributed by atoms with van der Waals surface area (Å²) in [5.74, 6) is -0.129. The third-order valence-corrected chi connectivity index (χ3v) is 5.19. The molecule has 1 heterocycles. The highest BCUT2D eigenvalue weighted by atomic mass is 19.4. The Kier molecular flexibility index (Phi) is 7.24. The van der Waals surface area contributed by atoms with Crippen molar-refractivity contribution in [2.24, 2.45) is 0 Å².